The Morgan fingerprint density at radius 1 is 1.00 bits per heavy atom. The number of carbonyl (C=O) groups is 1. The minimum atomic E-state index is -3.92. The number of nitrogens with zero attached hydrogens (tertiary/aromatic N) is 2. The monoisotopic (exact) mass is 441 g/mol. The van der Waals surface area contributed by atoms with Crippen LogP contribution in [0, 0.1) is 0 Å². The molecular weight excluding hydrogens is 421 g/mol. The second-order valence-corrected chi connectivity index (χ2v) is 9.12. The molecule has 1 heterocycles. The molecule has 0 bridgehead atoms. The number of rotatable bonds is 6. The van der Waals surface area contributed by atoms with Crippen molar-refractivity contribution in [2.45, 2.75) is 11.4 Å². The van der Waals surface area contributed by atoms with E-state index in [1.807, 2.05) is 18.2 Å². The van der Waals surface area contributed by atoms with Crippen molar-refractivity contribution in [3.05, 3.63) is 64.1 Å². The predicted octanol–water partition coefficient (Wildman–Crippen LogP) is 2.62. The predicted molar refractivity (Wildman–Crippen MR) is 110 cm³/mol. The quantitative estimate of drug-likeness (QED) is 0.747. The fourth-order valence-corrected chi connectivity index (χ4v) is 4.76. The minimum absolute atomic E-state index is 0.0545. The number of hydrogen-bond donors (Lipinski definition) is 1. The number of piperazine rings is 1. The van der Waals surface area contributed by atoms with Gasteiger partial charge < -0.3 is 4.90 Å². The van der Waals surface area contributed by atoms with Crippen LogP contribution in [0.5, 0.6) is 0 Å². The molecule has 1 fully saturated rings. The molecule has 150 valence electrons. The molecule has 2 aromatic carbocycles. The first-order chi connectivity index (χ1) is 13.3. The Kier molecular flexibility index (Phi) is 6.95. The smallest absolute Gasteiger partial charge is 0.242 e. The zero-order chi connectivity index (χ0) is 20.1. The van der Waals surface area contributed by atoms with Gasteiger partial charge in [-0.2, -0.15) is 0 Å². The van der Waals surface area contributed by atoms with E-state index in [0.29, 0.717) is 13.1 Å². The van der Waals surface area contributed by atoms with Crippen molar-refractivity contribution in [2.75, 3.05) is 32.7 Å². The lowest BCUT2D eigenvalue weighted by Crippen LogP contribution is -2.50. The van der Waals surface area contributed by atoms with Gasteiger partial charge in [0.05, 0.1) is 11.6 Å². The zero-order valence-corrected chi connectivity index (χ0v) is 17.5. The molecule has 1 aliphatic heterocycles. The second-order valence-electron chi connectivity index (χ2n) is 6.54. The Labute approximate surface area is 175 Å². The number of amides is 1. The van der Waals surface area contributed by atoms with E-state index in [4.69, 9.17) is 23.2 Å². The Hall–Kier alpha value is -1.64. The zero-order valence-electron chi connectivity index (χ0n) is 15.1. The summed E-state index contributed by atoms with van der Waals surface area (Å²) >= 11 is 11.8. The molecule has 1 aliphatic rings. The largest absolute Gasteiger partial charge is 0.339 e. The van der Waals surface area contributed by atoms with E-state index < -0.39 is 10.0 Å². The highest BCUT2D eigenvalue weighted by Gasteiger charge is 2.24. The molecule has 1 N–H and O–H groups in total. The lowest BCUT2D eigenvalue weighted by molar-refractivity contribution is -0.131. The van der Waals surface area contributed by atoms with E-state index in [1.54, 1.807) is 4.90 Å². The maximum Gasteiger partial charge on any atom is 0.242 e. The van der Waals surface area contributed by atoms with E-state index in [-0.39, 0.29) is 27.4 Å². The van der Waals surface area contributed by atoms with Crippen molar-refractivity contribution in [1.29, 1.82) is 0 Å². The maximum atomic E-state index is 12.4. The summed E-state index contributed by atoms with van der Waals surface area (Å²) in [4.78, 5) is 16.2. The molecule has 0 radical (unpaired) electrons. The third-order valence-corrected chi connectivity index (χ3v) is 6.69. The summed E-state index contributed by atoms with van der Waals surface area (Å²) in [5, 5.41) is 0.310. The van der Waals surface area contributed by atoms with Gasteiger partial charge in [0, 0.05) is 37.7 Å². The minimum Gasteiger partial charge on any atom is -0.339 e. The molecule has 0 saturated carbocycles. The molecule has 0 aliphatic carbocycles. The molecular formula is C19H21Cl2N3O3S. The van der Waals surface area contributed by atoms with Crippen LogP contribution in [-0.4, -0.2) is 56.8 Å². The highest BCUT2D eigenvalue weighted by Crippen LogP contribution is 2.24. The number of benzene rings is 2. The van der Waals surface area contributed by atoms with Crippen LogP contribution in [0.2, 0.25) is 10.0 Å². The van der Waals surface area contributed by atoms with E-state index in [1.165, 1.54) is 23.8 Å². The normalized spacial score (nSPS) is 15.6. The summed E-state index contributed by atoms with van der Waals surface area (Å²) < 4.78 is 27.1. The first kappa shape index (κ1) is 21.1. The summed E-state index contributed by atoms with van der Waals surface area (Å²) in [5.74, 6) is -0.263. The SMILES string of the molecule is O=C(CNS(=O)(=O)c1cc(Cl)ccc1Cl)N1CCN(Cc2ccccc2)CC1. The van der Waals surface area contributed by atoms with Gasteiger partial charge in [0.15, 0.2) is 0 Å². The number of halogens is 2. The average molecular weight is 442 g/mol. The van der Waals surface area contributed by atoms with Crippen molar-refractivity contribution in [1.82, 2.24) is 14.5 Å². The number of hydrogen-bond acceptors (Lipinski definition) is 4. The molecule has 1 saturated heterocycles. The van der Waals surface area contributed by atoms with E-state index >= 15 is 0 Å². The first-order valence-electron chi connectivity index (χ1n) is 8.84. The van der Waals surface area contributed by atoms with Gasteiger partial charge in [0.25, 0.3) is 0 Å². The van der Waals surface area contributed by atoms with Crippen LogP contribution in [0.15, 0.2) is 53.4 Å². The lowest BCUT2D eigenvalue weighted by Gasteiger charge is -2.34. The maximum absolute atomic E-state index is 12.4. The van der Waals surface area contributed by atoms with Gasteiger partial charge >= 0.3 is 0 Å². The van der Waals surface area contributed by atoms with Gasteiger partial charge in [0.2, 0.25) is 15.9 Å². The van der Waals surface area contributed by atoms with Crippen molar-refractivity contribution < 1.29 is 13.2 Å². The highest BCUT2D eigenvalue weighted by molar-refractivity contribution is 7.89. The van der Waals surface area contributed by atoms with E-state index in [0.717, 1.165) is 19.6 Å². The summed E-state index contributed by atoms with van der Waals surface area (Å²) in [6.07, 6.45) is 0. The second kappa shape index (κ2) is 9.24. The number of nitrogens with one attached hydrogen (secondary N) is 1. The lowest BCUT2D eigenvalue weighted by atomic mass is 10.2. The Balaban J connectivity index is 1.51. The summed E-state index contributed by atoms with van der Waals surface area (Å²) in [5.41, 5.74) is 1.23. The summed E-state index contributed by atoms with van der Waals surface area (Å²) in [7, 11) is -3.92. The Morgan fingerprint density at radius 3 is 2.36 bits per heavy atom. The molecule has 0 aromatic heterocycles. The first-order valence-corrected chi connectivity index (χ1v) is 11.1. The van der Waals surface area contributed by atoms with Gasteiger partial charge in [-0.1, -0.05) is 53.5 Å². The molecule has 9 heteroatoms. The standard InChI is InChI=1S/C19H21Cl2N3O3S/c20-16-6-7-17(21)18(12-16)28(26,27)22-13-19(25)24-10-8-23(9-11-24)14-15-4-2-1-3-5-15/h1-7,12,22H,8-11,13-14H2. The summed E-state index contributed by atoms with van der Waals surface area (Å²) in [6, 6.07) is 14.3. The van der Waals surface area contributed by atoms with Gasteiger partial charge in [-0.3, -0.25) is 9.69 Å². The molecule has 3 rings (SSSR count). The fraction of sp³-hybridized carbons (Fsp3) is 0.316. The van der Waals surface area contributed by atoms with Gasteiger partial charge in [-0.25, -0.2) is 13.1 Å². The molecule has 0 unspecified atom stereocenters. The molecule has 28 heavy (non-hydrogen) atoms. The van der Waals surface area contributed by atoms with E-state index in [9.17, 15) is 13.2 Å². The molecule has 6 nitrogen and oxygen atoms in total. The van der Waals surface area contributed by atoms with Crippen molar-refractivity contribution in [3.8, 4) is 0 Å². The summed E-state index contributed by atoms with van der Waals surface area (Å²) in [6.45, 7) is 3.13. The van der Waals surface area contributed by atoms with E-state index in [2.05, 4.69) is 21.8 Å². The molecule has 1 amide bonds. The van der Waals surface area contributed by atoms with Crippen LogP contribution < -0.4 is 4.72 Å². The number of carbonyl (C=O) groups excluding carboxylic acids is 1. The van der Waals surface area contributed by atoms with Crippen LogP contribution >= 0.6 is 23.2 Å². The van der Waals surface area contributed by atoms with Crippen molar-refractivity contribution in [3.63, 3.8) is 0 Å². The van der Waals surface area contributed by atoms with Crippen molar-refractivity contribution >= 4 is 39.1 Å². The number of sulfonamides is 1. The third kappa shape index (κ3) is 5.46. The Bertz CT molecular complexity index is 931. The van der Waals surface area contributed by atoms with Crippen LogP contribution in [0.3, 0.4) is 0 Å². The van der Waals surface area contributed by atoms with Gasteiger partial charge in [-0.05, 0) is 23.8 Å². The molecule has 0 spiro atoms. The third-order valence-electron chi connectivity index (χ3n) is 4.57. The van der Waals surface area contributed by atoms with Crippen LogP contribution in [0.4, 0.5) is 0 Å². The van der Waals surface area contributed by atoms with Crippen LogP contribution in [-0.2, 0) is 21.4 Å². The fourth-order valence-electron chi connectivity index (χ4n) is 3.03. The van der Waals surface area contributed by atoms with Gasteiger partial charge in [-0.15, -0.1) is 0 Å². The topological polar surface area (TPSA) is 69.7 Å². The van der Waals surface area contributed by atoms with Crippen LogP contribution in [0.1, 0.15) is 5.56 Å². The Morgan fingerprint density at radius 2 is 1.68 bits per heavy atom. The van der Waals surface area contributed by atoms with Crippen molar-refractivity contribution in [2.24, 2.45) is 0 Å². The van der Waals surface area contributed by atoms with Gasteiger partial charge in [0.1, 0.15) is 4.90 Å². The average Bonchev–Trinajstić information content (AvgIpc) is 2.69. The molecule has 0 atom stereocenters. The highest BCUT2D eigenvalue weighted by atomic mass is 35.5. The molecule has 2 aromatic rings. The van der Waals surface area contributed by atoms with Crippen LogP contribution in [0.25, 0.3) is 0 Å².